The number of ketones is 1. The van der Waals surface area contributed by atoms with Crippen LogP contribution in [0.4, 0.5) is 0 Å². The van der Waals surface area contributed by atoms with Crippen LogP contribution in [0.3, 0.4) is 0 Å². The Labute approximate surface area is 162 Å². The summed E-state index contributed by atoms with van der Waals surface area (Å²) in [7, 11) is 0. The largest absolute Gasteiger partial charge is 0.379 e. The third kappa shape index (κ3) is 11.9. The zero-order valence-electron chi connectivity index (χ0n) is 17.2. The highest BCUT2D eigenvalue weighted by atomic mass is 16.5. The Hall–Kier alpha value is -1.35. The first-order chi connectivity index (χ1) is 12.9. The number of carbonyl (C=O) groups is 1. The maximum atomic E-state index is 11.7. The third-order valence-electron chi connectivity index (χ3n) is 3.72. The highest BCUT2D eigenvalue weighted by molar-refractivity contribution is 5.84. The van der Waals surface area contributed by atoms with Crippen molar-refractivity contribution in [2.75, 3.05) is 52.9 Å². The lowest BCUT2D eigenvalue weighted by Gasteiger charge is -2.16. The predicted molar refractivity (Wildman–Crippen MR) is 102 cm³/mol. The van der Waals surface area contributed by atoms with Crippen molar-refractivity contribution in [3.8, 4) is 0 Å². The Morgan fingerprint density at radius 1 is 0.963 bits per heavy atom. The standard InChI is InChI=1S/C19H35N3O5/c1-5-8-24-11-12-25-9-6-17-15-22(21-20-17)7-10-26-13-14-27-16-18(23)19(2,3)4/h15H,5-14,16H2,1-4H3. The van der Waals surface area contributed by atoms with Gasteiger partial charge in [-0.2, -0.15) is 0 Å². The summed E-state index contributed by atoms with van der Waals surface area (Å²) < 4.78 is 23.4. The van der Waals surface area contributed by atoms with E-state index in [2.05, 4.69) is 17.2 Å². The van der Waals surface area contributed by atoms with Crippen LogP contribution in [0, 0.1) is 5.41 Å². The fourth-order valence-electron chi connectivity index (χ4n) is 1.96. The van der Waals surface area contributed by atoms with Gasteiger partial charge in [-0.1, -0.05) is 32.9 Å². The zero-order chi connectivity index (χ0) is 20.0. The molecule has 27 heavy (non-hydrogen) atoms. The molecule has 0 N–H and O–H groups in total. The van der Waals surface area contributed by atoms with Crippen molar-refractivity contribution in [2.45, 2.75) is 47.1 Å². The van der Waals surface area contributed by atoms with Crippen LogP contribution >= 0.6 is 0 Å². The Kier molecular flexibility index (Phi) is 12.1. The highest BCUT2D eigenvalue weighted by Gasteiger charge is 2.20. The normalized spacial score (nSPS) is 11.9. The van der Waals surface area contributed by atoms with Crippen molar-refractivity contribution in [1.82, 2.24) is 15.0 Å². The van der Waals surface area contributed by atoms with E-state index in [1.807, 2.05) is 27.0 Å². The molecule has 1 heterocycles. The molecule has 1 aromatic heterocycles. The van der Waals surface area contributed by atoms with Gasteiger partial charge in [0.05, 0.1) is 51.9 Å². The Morgan fingerprint density at radius 3 is 2.26 bits per heavy atom. The van der Waals surface area contributed by atoms with Crippen molar-refractivity contribution in [3.05, 3.63) is 11.9 Å². The molecule has 0 atom stereocenters. The summed E-state index contributed by atoms with van der Waals surface area (Å²) in [5.74, 6) is 0.0927. The van der Waals surface area contributed by atoms with E-state index in [0.29, 0.717) is 46.2 Å². The predicted octanol–water partition coefficient (Wildman–Crippen LogP) is 1.91. The second-order valence-electron chi connectivity index (χ2n) is 7.29. The summed E-state index contributed by atoms with van der Waals surface area (Å²) in [6.45, 7) is 12.5. The van der Waals surface area contributed by atoms with Gasteiger partial charge in [-0.3, -0.25) is 4.79 Å². The molecule has 0 aromatic carbocycles. The lowest BCUT2D eigenvalue weighted by Crippen LogP contribution is -2.25. The first-order valence-corrected chi connectivity index (χ1v) is 9.66. The molecular formula is C19H35N3O5. The van der Waals surface area contributed by atoms with Crippen molar-refractivity contribution < 1.29 is 23.7 Å². The minimum absolute atomic E-state index is 0.0927. The van der Waals surface area contributed by atoms with Gasteiger partial charge in [0, 0.05) is 24.6 Å². The molecule has 0 aliphatic rings. The Morgan fingerprint density at radius 2 is 1.59 bits per heavy atom. The first-order valence-electron chi connectivity index (χ1n) is 9.66. The van der Waals surface area contributed by atoms with Crippen LogP contribution in [0.2, 0.25) is 0 Å². The molecule has 8 heteroatoms. The Bertz CT molecular complexity index is 514. The molecule has 156 valence electrons. The molecule has 0 unspecified atom stereocenters. The molecule has 0 amide bonds. The van der Waals surface area contributed by atoms with E-state index in [0.717, 1.165) is 25.1 Å². The molecule has 0 bridgehead atoms. The summed E-state index contributed by atoms with van der Waals surface area (Å²) in [5.41, 5.74) is 0.535. The molecule has 8 nitrogen and oxygen atoms in total. The number of carbonyl (C=O) groups excluding carboxylic acids is 1. The minimum atomic E-state index is -0.362. The summed E-state index contributed by atoms with van der Waals surface area (Å²) >= 11 is 0. The van der Waals surface area contributed by atoms with Crippen LogP contribution in [0.25, 0.3) is 0 Å². The number of hydrogen-bond acceptors (Lipinski definition) is 7. The summed E-state index contributed by atoms with van der Waals surface area (Å²) in [4.78, 5) is 11.7. The number of hydrogen-bond donors (Lipinski definition) is 0. The van der Waals surface area contributed by atoms with Gasteiger partial charge in [0.2, 0.25) is 0 Å². The molecule has 0 fully saturated rings. The molecule has 0 aliphatic carbocycles. The minimum Gasteiger partial charge on any atom is -0.379 e. The molecule has 1 rings (SSSR count). The maximum absolute atomic E-state index is 11.7. The average molecular weight is 386 g/mol. The van der Waals surface area contributed by atoms with Gasteiger partial charge in [0.1, 0.15) is 6.61 Å². The van der Waals surface area contributed by atoms with Crippen molar-refractivity contribution in [2.24, 2.45) is 5.41 Å². The van der Waals surface area contributed by atoms with Crippen LogP contribution in [0.5, 0.6) is 0 Å². The molecular weight excluding hydrogens is 350 g/mol. The number of ether oxygens (including phenoxy) is 4. The second kappa shape index (κ2) is 13.8. The van der Waals surface area contributed by atoms with E-state index in [-0.39, 0.29) is 17.8 Å². The van der Waals surface area contributed by atoms with Gasteiger partial charge in [-0.05, 0) is 6.42 Å². The number of rotatable bonds is 16. The first kappa shape index (κ1) is 23.7. The molecule has 1 aromatic rings. The lowest BCUT2D eigenvalue weighted by molar-refractivity contribution is -0.131. The van der Waals surface area contributed by atoms with E-state index < -0.39 is 0 Å². The van der Waals surface area contributed by atoms with Gasteiger partial charge in [0.25, 0.3) is 0 Å². The number of nitrogens with zero attached hydrogens (tertiary/aromatic N) is 3. The zero-order valence-corrected chi connectivity index (χ0v) is 17.2. The fourth-order valence-corrected chi connectivity index (χ4v) is 1.96. The van der Waals surface area contributed by atoms with Crippen LogP contribution < -0.4 is 0 Å². The van der Waals surface area contributed by atoms with Crippen LogP contribution in [-0.2, 0) is 36.7 Å². The summed E-state index contributed by atoms with van der Waals surface area (Å²) in [6, 6.07) is 0. The van der Waals surface area contributed by atoms with Crippen LogP contribution in [0.15, 0.2) is 6.20 Å². The van der Waals surface area contributed by atoms with Gasteiger partial charge in [-0.15, -0.1) is 5.10 Å². The Balaban J connectivity index is 2.00. The highest BCUT2D eigenvalue weighted by Crippen LogP contribution is 2.14. The van der Waals surface area contributed by atoms with Gasteiger partial charge in [-0.25, -0.2) is 4.68 Å². The molecule has 0 aliphatic heterocycles. The van der Waals surface area contributed by atoms with Gasteiger partial charge >= 0.3 is 0 Å². The van der Waals surface area contributed by atoms with Crippen LogP contribution in [0.1, 0.15) is 39.8 Å². The van der Waals surface area contributed by atoms with Crippen molar-refractivity contribution in [3.63, 3.8) is 0 Å². The number of aromatic nitrogens is 3. The van der Waals surface area contributed by atoms with E-state index in [9.17, 15) is 4.79 Å². The smallest absolute Gasteiger partial charge is 0.163 e. The SMILES string of the molecule is CCCOCCOCCc1cn(CCOCCOCC(=O)C(C)(C)C)nn1. The lowest BCUT2D eigenvalue weighted by atomic mass is 9.91. The monoisotopic (exact) mass is 385 g/mol. The van der Waals surface area contributed by atoms with E-state index >= 15 is 0 Å². The topological polar surface area (TPSA) is 84.7 Å². The van der Waals surface area contributed by atoms with Gasteiger partial charge in [0.15, 0.2) is 5.78 Å². The van der Waals surface area contributed by atoms with E-state index in [1.54, 1.807) is 4.68 Å². The van der Waals surface area contributed by atoms with Crippen molar-refractivity contribution >= 4 is 5.78 Å². The maximum Gasteiger partial charge on any atom is 0.163 e. The third-order valence-corrected chi connectivity index (χ3v) is 3.72. The summed E-state index contributed by atoms with van der Waals surface area (Å²) in [6.07, 6.45) is 3.65. The fraction of sp³-hybridized carbons (Fsp3) is 0.842. The average Bonchev–Trinajstić information content (AvgIpc) is 3.07. The van der Waals surface area contributed by atoms with Crippen molar-refractivity contribution in [1.29, 1.82) is 0 Å². The van der Waals surface area contributed by atoms with Crippen LogP contribution in [-0.4, -0.2) is 73.6 Å². The van der Waals surface area contributed by atoms with E-state index in [1.165, 1.54) is 0 Å². The quantitative estimate of drug-likeness (QED) is 0.402. The molecule has 0 saturated carbocycles. The summed E-state index contributed by atoms with van der Waals surface area (Å²) in [5, 5.41) is 8.19. The number of Topliss-reactive ketones (excluding diaryl/α,β-unsaturated/α-hetero) is 1. The van der Waals surface area contributed by atoms with E-state index in [4.69, 9.17) is 18.9 Å². The molecule has 0 saturated heterocycles. The molecule has 0 spiro atoms. The molecule has 0 radical (unpaired) electrons. The second-order valence-corrected chi connectivity index (χ2v) is 7.29. The van der Waals surface area contributed by atoms with Gasteiger partial charge < -0.3 is 18.9 Å².